The van der Waals surface area contributed by atoms with Crippen molar-refractivity contribution in [3.05, 3.63) is 23.8 Å². The van der Waals surface area contributed by atoms with Crippen molar-refractivity contribution in [1.29, 1.82) is 0 Å². The summed E-state index contributed by atoms with van der Waals surface area (Å²) in [6, 6.07) is 7.01. The smallest absolute Gasteiger partial charge is 0.0679 e. The second-order valence-corrected chi connectivity index (χ2v) is 10.7. The molecule has 0 aliphatic rings. The Morgan fingerprint density at radius 2 is 1.75 bits per heavy atom. The van der Waals surface area contributed by atoms with Crippen LogP contribution in [0.3, 0.4) is 0 Å². The SMILES string of the molecule is Cc1cc([Si](C)(C)C)ccc1[SiH3]. The van der Waals surface area contributed by atoms with Crippen molar-refractivity contribution < 1.29 is 0 Å². The second-order valence-electron chi connectivity index (χ2n) is 4.55. The van der Waals surface area contributed by atoms with Crippen molar-refractivity contribution >= 4 is 28.7 Å². The maximum Gasteiger partial charge on any atom is 0.0776 e. The Morgan fingerprint density at radius 1 is 1.17 bits per heavy atom. The zero-order chi connectivity index (χ0) is 9.35. The Hall–Kier alpha value is -0.346. The number of rotatable bonds is 1. The molecule has 0 aliphatic carbocycles. The fraction of sp³-hybridized carbons (Fsp3) is 0.400. The first kappa shape index (κ1) is 9.74. The van der Waals surface area contributed by atoms with Gasteiger partial charge in [-0.15, -0.1) is 0 Å². The molecular formula is C10H18Si2. The Balaban J connectivity index is 3.14. The number of hydrogen-bond acceptors (Lipinski definition) is 0. The van der Waals surface area contributed by atoms with E-state index in [1.165, 1.54) is 21.0 Å². The first-order chi connectivity index (χ1) is 5.41. The van der Waals surface area contributed by atoms with Gasteiger partial charge in [0.05, 0.1) is 8.07 Å². The number of benzene rings is 1. The van der Waals surface area contributed by atoms with Crippen LogP contribution in [-0.4, -0.2) is 18.3 Å². The third-order valence-electron chi connectivity index (χ3n) is 2.37. The minimum atomic E-state index is -1.07. The van der Waals surface area contributed by atoms with Crippen molar-refractivity contribution in [2.75, 3.05) is 0 Å². The molecule has 0 spiro atoms. The van der Waals surface area contributed by atoms with Crippen LogP contribution in [0.15, 0.2) is 18.2 Å². The number of aryl methyl sites for hydroxylation is 1. The quantitative estimate of drug-likeness (QED) is 0.572. The average molecular weight is 194 g/mol. The summed E-state index contributed by atoms with van der Waals surface area (Å²) < 4.78 is 0. The predicted octanol–water partition coefficient (Wildman–Crippen LogP) is 0.531. The maximum absolute atomic E-state index is 2.40. The molecule has 0 radical (unpaired) electrons. The van der Waals surface area contributed by atoms with Gasteiger partial charge in [-0.1, -0.05) is 53.8 Å². The lowest BCUT2D eigenvalue weighted by Crippen LogP contribution is -2.38. The summed E-state index contributed by atoms with van der Waals surface area (Å²) in [5.74, 6) is 0. The number of hydrogen-bond donors (Lipinski definition) is 0. The molecule has 2 heteroatoms. The van der Waals surface area contributed by atoms with Gasteiger partial charge in [-0.2, -0.15) is 0 Å². The minimum Gasteiger partial charge on any atom is -0.0679 e. The van der Waals surface area contributed by atoms with Crippen molar-refractivity contribution in [3.63, 3.8) is 0 Å². The third-order valence-corrected chi connectivity index (χ3v) is 5.54. The zero-order valence-electron chi connectivity index (χ0n) is 8.73. The van der Waals surface area contributed by atoms with Crippen molar-refractivity contribution in [2.45, 2.75) is 26.6 Å². The highest BCUT2D eigenvalue weighted by molar-refractivity contribution is 6.88. The Labute approximate surface area is 79.4 Å². The Morgan fingerprint density at radius 3 is 2.17 bits per heavy atom. The molecule has 0 aromatic heterocycles. The van der Waals surface area contributed by atoms with E-state index in [0.29, 0.717) is 0 Å². The van der Waals surface area contributed by atoms with Gasteiger partial charge < -0.3 is 0 Å². The molecule has 1 aromatic rings. The molecule has 0 saturated heterocycles. The van der Waals surface area contributed by atoms with Gasteiger partial charge in [-0.25, -0.2) is 0 Å². The summed E-state index contributed by atoms with van der Waals surface area (Å²) in [5.41, 5.74) is 1.49. The minimum absolute atomic E-state index is 1.07. The van der Waals surface area contributed by atoms with Crippen molar-refractivity contribution in [1.82, 2.24) is 0 Å². The van der Waals surface area contributed by atoms with Gasteiger partial charge in [0.15, 0.2) is 0 Å². The lowest BCUT2D eigenvalue weighted by molar-refractivity contribution is 1.52. The largest absolute Gasteiger partial charge is 0.0776 e. The lowest BCUT2D eigenvalue weighted by atomic mass is 10.2. The van der Waals surface area contributed by atoms with Crippen LogP contribution < -0.4 is 10.4 Å². The average Bonchev–Trinajstić information content (AvgIpc) is 1.92. The van der Waals surface area contributed by atoms with E-state index in [2.05, 4.69) is 44.8 Å². The summed E-state index contributed by atoms with van der Waals surface area (Å²) in [6.07, 6.45) is 0. The molecule has 1 rings (SSSR count). The third kappa shape index (κ3) is 2.08. The maximum atomic E-state index is 2.40. The van der Waals surface area contributed by atoms with Crippen LogP contribution in [-0.2, 0) is 0 Å². The highest BCUT2D eigenvalue weighted by atomic mass is 28.3. The molecular weight excluding hydrogens is 176 g/mol. The topological polar surface area (TPSA) is 0 Å². The summed E-state index contributed by atoms with van der Waals surface area (Å²) in [7, 11) is 0.104. The van der Waals surface area contributed by atoms with Crippen LogP contribution in [0, 0.1) is 6.92 Å². The van der Waals surface area contributed by atoms with Gasteiger partial charge in [0.2, 0.25) is 0 Å². The Kier molecular flexibility index (Phi) is 2.59. The highest BCUT2D eigenvalue weighted by Gasteiger charge is 2.15. The summed E-state index contributed by atoms with van der Waals surface area (Å²) in [5, 5.41) is 3.12. The molecule has 0 bridgehead atoms. The van der Waals surface area contributed by atoms with E-state index in [4.69, 9.17) is 0 Å². The fourth-order valence-corrected chi connectivity index (χ4v) is 2.75. The molecule has 0 saturated carbocycles. The van der Waals surface area contributed by atoms with Crippen LogP contribution in [0.5, 0.6) is 0 Å². The molecule has 0 atom stereocenters. The van der Waals surface area contributed by atoms with Gasteiger partial charge >= 0.3 is 0 Å². The Bertz CT molecular complexity index is 284. The van der Waals surface area contributed by atoms with E-state index in [-0.39, 0.29) is 0 Å². The molecule has 0 N–H and O–H groups in total. The van der Waals surface area contributed by atoms with E-state index >= 15 is 0 Å². The summed E-state index contributed by atoms with van der Waals surface area (Å²) >= 11 is 0. The zero-order valence-corrected chi connectivity index (χ0v) is 11.7. The molecule has 0 nitrogen and oxygen atoms in total. The van der Waals surface area contributed by atoms with E-state index in [1.807, 2.05) is 0 Å². The fourth-order valence-electron chi connectivity index (χ4n) is 1.21. The van der Waals surface area contributed by atoms with E-state index in [0.717, 1.165) is 0 Å². The van der Waals surface area contributed by atoms with Gasteiger partial charge in [-0.05, 0) is 6.92 Å². The molecule has 0 heterocycles. The van der Waals surface area contributed by atoms with Crippen LogP contribution in [0.4, 0.5) is 0 Å². The predicted molar refractivity (Wildman–Crippen MR) is 63.7 cm³/mol. The van der Waals surface area contributed by atoms with Gasteiger partial charge in [0.25, 0.3) is 0 Å². The normalized spacial score (nSPS) is 12.0. The van der Waals surface area contributed by atoms with Gasteiger partial charge in [-0.3, -0.25) is 0 Å². The monoisotopic (exact) mass is 194 g/mol. The highest BCUT2D eigenvalue weighted by Crippen LogP contribution is 2.02. The van der Waals surface area contributed by atoms with Gasteiger partial charge in [0.1, 0.15) is 0 Å². The lowest BCUT2D eigenvalue weighted by Gasteiger charge is -2.17. The standard InChI is InChI=1S/C10H18Si2/c1-8-7-9(12(2,3)4)5-6-10(8)11/h5-7H,1-4,11H3. The molecule has 0 aliphatic heterocycles. The van der Waals surface area contributed by atoms with Crippen LogP contribution >= 0.6 is 0 Å². The van der Waals surface area contributed by atoms with Crippen LogP contribution in [0.1, 0.15) is 5.56 Å². The molecule has 0 amide bonds. The van der Waals surface area contributed by atoms with Crippen molar-refractivity contribution in [3.8, 4) is 0 Å². The van der Waals surface area contributed by atoms with E-state index in [9.17, 15) is 0 Å². The second kappa shape index (κ2) is 3.19. The molecule has 66 valence electrons. The van der Waals surface area contributed by atoms with Crippen molar-refractivity contribution in [2.24, 2.45) is 0 Å². The molecule has 0 unspecified atom stereocenters. The first-order valence-corrected chi connectivity index (χ1v) is 8.99. The van der Waals surface area contributed by atoms with Crippen LogP contribution in [0.25, 0.3) is 0 Å². The van der Waals surface area contributed by atoms with Crippen LogP contribution in [0.2, 0.25) is 19.6 Å². The van der Waals surface area contributed by atoms with Gasteiger partial charge in [0, 0.05) is 10.2 Å². The summed E-state index contributed by atoms with van der Waals surface area (Å²) in [4.78, 5) is 0. The molecule has 0 fully saturated rings. The molecule has 12 heavy (non-hydrogen) atoms. The summed E-state index contributed by atoms with van der Waals surface area (Å²) in [6.45, 7) is 9.42. The van der Waals surface area contributed by atoms with E-state index < -0.39 is 8.07 Å². The van der Waals surface area contributed by atoms with E-state index in [1.54, 1.807) is 5.19 Å². The first-order valence-electron chi connectivity index (χ1n) is 4.49. The molecule has 1 aromatic carbocycles.